The van der Waals surface area contributed by atoms with Gasteiger partial charge in [-0.1, -0.05) is 36.8 Å². The molecule has 0 amide bonds. The first kappa shape index (κ1) is 12.0. The summed E-state index contributed by atoms with van der Waals surface area (Å²) in [6.07, 6.45) is 4.63. The van der Waals surface area contributed by atoms with E-state index in [2.05, 4.69) is 29.7 Å². The maximum absolute atomic E-state index is 5.96. The average molecular weight is 269 g/mol. The first-order valence-electron chi connectivity index (χ1n) is 7.38. The van der Waals surface area contributed by atoms with E-state index in [0.717, 1.165) is 30.8 Å². The first-order valence-corrected chi connectivity index (χ1v) is 7.38. The molecule has 1 fully saturated rings. The minimum atomic E-state index is 0.199. The third-order valence-corrected chi connectivity index (χ3v) is 4.45. The lowest BCUT2D eigenvalue weighted by atomic mass is 10.0. The van der Waals surface area contributed by atoms with Gasteiger partial charge in [-0.25, -0.2) is 0 Å². The molecule has 2 heterocycles. The number of hydrogen-bond acceptors (Lipinski definition) is 4. The van der Waals surface area contributed by atoms with Crippen LogP contribution >= 0.6 is 0 Å². The van der Waals surface area contributed by atoms with E-state index in [0.29, 0.717) is 12.0 Å². The Hall–Kier alpha value is -1.81. The molecule has 0 bridgehead atoms. The average Bonchev–Trinajstić information content (AvgIpc) is 3.09. The zero-order valence-electron chi connectivity index (χ0n) is 11.4. The molecule has 4 rings (SSSR count). The molecule has 0 saturated heterocycles. The van der Waals surface area contributed by atoms with Crippen molar-refractivity contribution >= 4 is 11.5 Å². The normalized spacial score (nSPS) is 32.2. The van der Waals surface area contributed by atoms with Crippen LogP contribution in [0.15, 0.2) is 40.9 Å². The van der Waals surface area contributed by atoms with E-state index in [1.807, 2.05) is 6.07 Å². The van der Waals surface area contributed by atoms with Crippen LogP contribution in [-0.4, -0.2) is 18.0 Å². The Bertz CT molecular complexity index is 579. The van der Waals surface area contributed by atoms with Crippen molar-refractivity contribution in [2.75, 3.05) is 0 Å². The molecular weight excluding hydrogens is 250 g/mol. The Labute approximate surface area is 118 Å². The molecule has 20 heavy (non-hydrogen) atoms. The molecule has 4 heteroatoms. The largest absolute Gasteiger partial charge is 0.387 e. The molecule has 104 valence electrons. The van der Waals surface area contributed by atoms with Gasteiger partial charge in [-0.3, -0.25) is 15.3 Å². The third kappa shape index (κ3) is 1.91. The second-order valence-electron chi connectivity index (χ2n) is 5.80. The molecular formula is C16H19N3O. The highest BCUT2D eigenvalue weighted by molar-refractivity contribution is 5.81. The highest BCUT2D eigenvalue weighted by atomic mass is 16.7. The lowest BCUT2D eigenvalue weighted by Gasteiger charge is -2.13. The van der Waals surface area contributed by atoms with Crippen molar-refractivity contribution in [1.29, 1.82) is 0 Å². The summed E-state index contributed by atoms with van der Waals surface area (Å²) in [6.45, 7) is 0. The zero-order chi connectivity index (χ0) is 13.5. The molecule has 3 unspecified atom stereocenters. The summed E-state index contributed by atoms with van der Waals surface area (Å²) in [7, 11) is 0. The molecule has 1 saturated carbocycles. The summed E-state index contributed by atoms with van der Waals surface area (Å²) in [5.41, 5.74) is 12.7. The monoisotopic (exact) mass is 269 g/mol. The van der Waals surface area contributed by atoms with E-state index in [1.54, 1.807) is 0 Å². The quantitative estimate of drug-likeness (QED) is 0.865. The van der Waals surface area contributed by atoms with E-state index in [9.17, 15) is 0 Å². The summed E-state index contributed by atoms with van der Waals surface area (Å²) >= 11 is 0. The predicted octanol–water partition coefficient (Wildman–Crippen LogP) is 2.23. The van der Waals surface area contributed by atoms with Gasteiger partial charge in [0.2, 0.25) is 0 Å². The van der Waals surface area contributed by atoms with Gasteiger partial charge in [0, 0.05) is 12.3 Å². The fourth-order valence-corrected chi connectivity index (χ4v) is 3.39. The van der Waals surface area contributed by atoms with Crippen molar-refractivity contribution in [3.8, 4) is 0 Å². The zero-order valence-corrected chi connectivity index (χ0v) is 11.4. The number of amidine groups is 1. The van der Waals surface area contributed by atoms with E-state index in [1.165, 1.54) is 17.6 Å². The number of benzene rings is 1. The van der Waals surface area contributed by atoms with Crippen LogP contribution in [0.2, 0.25) is 0 Å². The number of rotatable bonds is 2. The number of hydrogen-bond donors (Lipinski definition) is 2. The Kier molecular flexibility index (Phi) is 2.77. The molecule has 1 aromatic rings. The van der Waals surface area contributed by atoms with Crippen molar-refractivity contribution in [3.05, 3.63) is 41.5 Å². The van der Waals surface area contributed by atoms with Crippen molar-refractivity contribution in [1.82, 2.24) is 5.48 Å². The molecule has 1 aliphatic carbocycles. The number of nitrogens with one attached hydrogen (secondary N) is 1. The number of aliphatic imine (C=N–C) groups is 1. The Morgan fingerprint density at radius 2 is 2.05 bits per heavy atom. The van der Waals surface area contributed by atoms with Crippen molar-refractivity contribution in [3.63, 3.8) is 0 Å². The van der Waals surface area contributed by atoms with Crippen LogP contribution in [0.1, 0.15) is 31.2 Å². The number of nitrogens with zero attached hydrogens (tertiary/aromatic N) is 1. The molecule has 3 aliphatic rings. The summed E-state index contributed by atoms with van der Waals surface area (Å²) in [5, 5.41) is 0. The van der Waals surface area contributed by atoms with Gasteiger partial charge >= 0.3 is 0 Å². The van der Waals surface area contributed by atoms with E-state index in [-0.39, 0.29) is 6.10 Å². The summed E-state index contributed by atoms with van der Waals surface area (Å²) < 4.78 is 0. The minimum absolute atomic E-state index is 0.199. The third-order valence-electron chi connectivity index (χ3n) is 4.45. The maximum Gasteiger partial charge on any atom is 0.118 e. The van der Waals surface area contributed by atoms with Crippen molar-refractivity contribution in [2.45, 2.75) is 37.8 Å². The summed E-state index contributed by atoms with van der Waals surface area (Å²) in [4.78, 5) is 10.4. The van der Waals surface area contributed by atoms with Crippen LogP contribution in [0.25, 0.3) is 5.70 Å². The molecule has 4 nitrogen and oxygen atoms in total. The highest BCUT2D eigenvalue weighted by Crippen LogP contribution is 2.52. The van der Waals surface area contributed by atoms with Gasteiger partial charge in [-0.15, -0.1) is 0 Å². The van der Waals surface area contributed by atoms with Gasteiger partial charge in [-0.05, 0) is 24.0 Å². The van der Waals surface area contributed by atoms with Crippen LogP contribution in [0.4, 0.5) is 0 Å². The number of hydroxylamine groups is 1. The second-order valence-corrected chi connectivity index (χ2v) is 5.80. The smallest absolute Gasteiger partial charge is 0.118 e. The van der Waals surface area contributed by atoms with Crippen LogP contribution in [0.3, 0.4) is 0 Å². The molecule has 0 radical (unpaired) electrons. The van der Waals surface area contributed by atoms with E-state index < -0.39 is 0 Å². The van der Waals surface area contributed by atoms with E-state index >= 15 is 0 Å². The standard InChI is InChI=1S/C16H19N3O/c17-12-9-5-4-8-11(18-12)13-14-15(19-20-16(13)14)10-6-2-1-3-7-10/h1-3,6-7,11,13,16,19H,4-5,8-9H2,(H2,17,18). The van der Waals surface area contributed by atoms with Crippen LogP contribution in [0.5, 0.6) is 0 Å². The summed E-state index contributed by atoms with van der Waals surface area (Å²) in [5.74, 6) is 1.23. The van der Waals surface area contributed by atoms with Gasteiger partial charge in [0.1, 0.15) is 6.10 Å². The molecule has 3 atom stereocenters. The fraction of sp³-hybridized carbons (Fsp3) is 0.438. The maximum atomic E-state index is 5.96. The van der Waals surface area contributed by atoms with Crippen LogP contribution < -0.4 is 11.2 Å². The van der Waals surface area contributed by atoms with Gasteiger partial charge < -0.3 is 5.73 Å². The van der Waals surface area contributed by atoms with E-state index in [4.69, 9.17) is 15.6 Å². The molecule has 1 aromatic carbocycles. The van der Waals surface area contributed by atoms with Crippen LogP contribution in [0, 0.1) is 5.92 Å². The second kappa shape index (κ2) is 4.63. The molecule has 0 aromatic heterocycles. The van der Waals surface area contributed by atoms with Gasteiger partial charge in [0.15, 0.2) is 0 Å². The first-order chi connectivity index (χ1) is 9.84. The fourth-order valence-electron chi connectivity index (χ4n) is 3.39. The van der Waals surface area contributed by atoms with Crippen molar-refractivity contribution < 1.29 is 4.84 Å². The highest BCUT2D eigenvalue weighted by Gasteiger charge is 2.56. The number of nitrogens with two attached hydrogens (primary N) is 1. The van der Waals surface area contributed by atoms with Gasteiger partial charge in [0.05, 0.1) is 17.6 Å². The molecule has 3 N–H and O–H groups in total. The molecule has 2 aliphatic heterocycles. The Morgan fingerprint density at radius 3 is 2.90 bits per heavy atom. The van der Waals surface area contributed by atoms with Gasteiger partial charge in [0.25, 0.3) is 0 Å². The Balaban J connectivity index is 1.62. The van der Waals surface area contributed by atoms with Crippen molar-refractivity contribution in [2.24, 2.45) is 16.6 Å². The lowest BCUT2D eigenvalue weighted by Crippen LogP contribution is -2.20. The topological polar surface area (TPSA) is 59.6 Å². The SMILES string of the molecule is NC1=NC(C2C3=C(c4ccccc4)NOC32)CCCC1. The summed E-state index contributed by atoms with van der Waals surface area (Å²) in [6, 6.07) is 10.7. The number of fused-ring (bicyclic) bond motifs is 1. The minimum Gasteiger partial charge on any atom is -0.387 e. The van der Waals surface area contributed by atoms with Gasteiger partial charge in [-0.2, -0.15) is 0 Å². The Morgan fingerprint density at radius 1 is 1.20 bits per heavy atom. The van der Waals surface area contributed by atoms with Crippen LogP contribution in [-0.2, 0) is 4.84 Å². The molecule has 0 spiro atoms. The predicted molar refractivity (Wildman–Crippen MR) is 78.7 cm³/mol. The lowest BCUT2D eigenvalue weighted by molar-refractivity contribution is 0.0658.